The minimum atomic E-state index is -2.62. The number of amides is 1. The van der Waals surface area contributed by atoms with Gasteiger partial charge in [0, 0.05) is 26.3 Å². The monoisotopic (exact) mass is 498 g/mol. The molecule has 2 aromatic heterocycles. The number of aryl methyl sites for hydroxylation is 1. The summed E-state index contributed by atoms with van der Waals surface area (Å²) in [7, 11) is 1.73. The van der Waals surface area contributed by atoms with Crippen LogP contribution in [0.1, 0.15) is 36.8 Å². The zero-order valence-electron chi connectivity index (χ0n) is 19.7. The highest BCUT2D eigenvalue weighted by Crippen LogP contribution is 2.43. The molecule has 1 saturated heterocycles. The lowest BCUT2D eigenvalue weighted by Crippen LogP contribution is -2.37. The molecule has 188 valence electrons. The summed E-state index contributed by atoms with van der Waals surface area (Å²) >= 11 is 0. The van der Waals surface area contributed by atoms with Crippen LogP contribution in [0.2, 0.25) is 0 Å². The van der Waals surface area contributed by atoms with E-state index in [0.717, 1.165) is 0 Å². The van der Waals surface area contributed by atoms with Crippen LogP contribution in [0, 0.1) is 17.1 Å². The highest BCUT2D eigenvalue weighted by Gasteiger charge is 2.49. The molecular weight excluding hydrogens is 473 g/mol. The van der Waals surface area contributed by atoms with Crippen LogP contribution in [0.5, 0.6) is 0 Å². The number of fused-ring (bicyclic) bond motifs is 1. The van der Waals surface area contributed by atoms with Crippen LogP contribution in [-0.4, -0.2) is 37.4 Å². The van der Waals surface area contributed by atoms with E-state index >= 15 is 0 Å². The number of benzene rings is 1. The van der Waals surface area contributed by atoms with Gasteiger partial charge in [-0.2, -0.15) is 5.10 Å². The SMILES string of the molecule is Cn1ncc2c(CN/C(N)=C3\C(=N)NC(=O)C3(C)c3ccc(F)cc3)nc(CC3CC(F)(F)C3)nc21. The second-order valence-electron chi connectivity index (χ2n) is 9.53. The number of carbonyl (C=O) groups excluding carboxylic acids is 1. The Bertz CT molecular complexity index is 1410. The van der Waals surface area contributed by atoms with Crippen molar-refractivity contribution in [3.8, 4) is 0 Å². The highest BCUT2D eigenvalue weighted by atomic mass is 19.3. The maximum atomic E-state index is 13.5. The van der Waals surface area contributed by atoms with Crippen LogP contribution < -0.4 is 16.4 Å². The molecule has 1 saturated carbocycles. The Morgan fingerprint density at radius 1 is 1.28 bits per heavy atom. The number of nitrogens with zero attached hydrogens (tertiary/aromatic N) is 4. The van der Waals surface area contributed by atoms with E-state index in [0.29, 0.717) is 34.5 Å². The van der Waals surface area contributed by atoms with E-state index in [1.165, 1.54) is 24.3 Å². The van der Waals surface area contributed by atoms with Crippen LogP contribution in [0.3, 0.4) is 0 Å². The first kappa shape index (κ1) is 23.8. The molecule has 1 atom stereocenters. The van der Waals surface area contributed by atoms with Gasteiger partial charge in [0.05, 0.1) is 29.4 Å². The number of halogens is 3. The lowest BCUT2D eigenvalue weighted by atomic mass is 9.77. The number of alkyl halides is 2. The molecule has 36 heavy (non-hydrogen) atoms. The fraction of sp³-hybridized carbons (Fsp3) is 0.375. The predicted octanol–water partition coefficient (Wildman–Crippen LogP) is 2.42. The number of carbonyl (C=O) groups is 1. The lowest BCUT2D eigenvalue weighted by Gasteiger charge is -2.34. The van der Waals surface area contributed by atoms with Gasteiger partial charge in [0.15, 0.2) is 5.65 Å². The molecule has 1 amide bonds. The Kier molecular flexibility index (Phi) is 5.49. The third kappa shape index (κ3) is 3.95. The Balaban J connectivity index is 1.45. The van der Waals surface area contributed by atoms with Gasteiger partial charge in [0.1, 0.15) is 28.7 Å². The van der Waals surface area contributed by atoms with Gasteiger partial charge in [-0.15, -0.1) is 0 Å². The summed E-state index contributed by atoms with van der Waals surface area (Å²) in [5, 5.41) is 18.8. The second-order valence-corrected chi connectivity index (χ2v) is 9.53. The predicted molar refractivity (Wildman–Crippen MR) is 125 cm³/mol. The Morgan fingerprint density at radius 2 is 1.97 bits per heavy atom. The van der Waals surface area contributed by atoms with E-state index in [-0.39, 0.29) is 42.5 Å². The number of hydrogen-bond donors (Lipinski definition) is 4. The molecule has 1 aliphatic carbocycles. The van der Waals surface area contributed by atoms with Crippen molar-refractivity contribution in [3.05, 3.63) is 64.8 Å². The van der Waals surface area contributed by atoms with Crippen molar-refractivity contribution in [3.63, 3.8) is 0 Å². The Hall–Kier alpha value is -3.96. The highest BCUT2D eigenvalue weighted by molar-refractivity contribution is 6.21. The van der Waals surface area contributed by atoms with Crippen molar-refractivity contribution in [2.24, 2.45) is 18.7 Å². The minimum absolute atomic E-state index is 0.0843. The molecule has 1 aliphatic heterocycles. The molecule has 9 nitrogen and oxygen atoms in total. The molecule has 12 heteroatoms. The van der Waals surface area contributed by atoms with Crippen molar-refractivity contribution in [1.29, 1.82) is 5.41 Å². The van der Waals surface area contributed by atoms with Gasteiger partial charge in [-0.3, -0.25) is 14.9 Å². The quantitative estimate of drug-likeness (QED) is 0.412. The molecule has 1 aromatic carbocycles. The van der Waals surface area contributed by atoms with E-state index < -0.39 is 23.1 Å². The van der Waals surface area contributed by atoms with Gasteiger partial charge in [-0.05, 0) is 30.5 Å². The first-order chi connectivity index (χ1) is 17.0. The molecular formula is C24H25F3N8O. The number of aromatic nitrogens is 4. The van der Waals surface area contributed by atoms with E-state index in [9.17, 15) is 18.0 Å². The lowest BCUT2D eigenvalue weighted by molar-refractivity contribution is -0.122. The molecule has 5 rings (SSSR count). The molecule has 0 bridgehead atoms. The molecule has 0 spiro atoms. The Labute approximate surface area is 204 Å². The standard InChI is InChI=1S/C24H25F3N8O/c1-23(13-3-5-14(25)6-4-13)18(20(29)34-22(23)36)19(28)30-11-16-15-10-31-35(2)21(15)33-17(32-16)7-12-8-24(26,27)9-12/h3-6,10,12,30H,7-9,11,28H2,1-2H3,(H2,29,34,36)/b19-18+. The summed E-state index contributed by atoms with van der Waals surface area (Å²) in [6.07, 6.45) is 1.57. The normalized spacial score (nSPS) is 23.0. The molecule has 2 aliphatic rings. The third-order valence-corrected chi connectivity index (χ3v) is 6.94. The van der Waals surface area contributed by atoms with Crippen LogP contribution >= 0.6 is 0 Å². The number of amidine groups is 1. The summed E-state index contributed by atoms with van der Waals surface area (Å²) in [5.41, 5.74) is 6.90. The van der Waals surface area contributed by atoms with Gasteiger partial charge < -0.3 is 16.4 Å². The van der Waals surface area contributed by atoms with Crippen molar-refractivity contribution < 1.29 is 18.0 Å². The second kappa shape index (κ2) is 8.32. The van der Waals surface area contributed by atoms with E-state index in [1.54, 1.807) is 24.9 Å². The molecule has 3 heterocycles. The average Bonchev–Trinajstić information content (AvgIpc) is 3.27. The number of nitrogens with two attached hydrogens (primary N) is 1. The maximum Gasteiger partial charge on any atom is 0.248 e. The van der Waals surface area contributed by atoms with Crippen LogP contribution in [0.15, 0.2) is 41.9 Å². The van der Waals surface area contributed by atoms with Crippen molar-refractivity contribution >= 4 is 22.8 Å². The fourth-order valence-electron chi connectivity index (χ4n) is 4.94. The summed E-state index contributed by atoms with van der Waals surface area (Å²) in [4.78, 5) is 21.9. The number of nitrogens with one attached hydrogen (secondary N) is 3. The van der Waals surface area contributed by atoms with Crippen LogP contribution in [0.25, 0.3) is 11.0 Å². The molecule has 5 N–H and O–H groups in total. The molecule has 3 aromatic rings. The maximum absolute atomic E-state index is 13.5. The fourth-order valence-corrected chi connectivity index (χ4v) is 4.94. The average molecular weight is 499 g/mol. The number of hydrogen-bond acceptors (Lipinski definition) is 7. The zero-order valence-corrected chi connectivity index (χ0v) is 19.7. The van der Waals surface area contributed by atoms with Gasteiger partial charge in [0.2, 0.25) is 11.8 Å². The first-order valence-corrected chi connectivity index (χ1v) is 11.4. The summed E-state index contributed by atoms with van der Waals surface area (Å²) in [6, 6.07) is 5.47. The van der Waals surface area contributed by atoms with Crippen molar-refractivity contribution in [1.82, 2.24) is 30.4 Å². The van der Waals surface area contributed by atoms with Crippen LogP contribution in [0.4, 0.5) is 13.2 Å². The smallest absolute Gasteiger partial charge is 0.248 e. The summed E-state index contributed by atoms with van der Waals surface area (Å²) in [6.45, 7) is 1.74. The Morgan fingerprint density at radius 3 is 2.64 bits per heavy atom. The van der Waals surface area contributed by atoms with Gasteiger partial charge in [-0.1, -0.05) is 12.1 Å². The van der Waals surface area contributed by atoms with E-state index in [1.807, 2.05) is 0 Å². The third-order valence-electron chi connectivity index (χ3n) is 6.94. The number of rotatable bonds is 6. The van der Waals surface area contributed by atoms with E-state index in [4.69, 9.17) is 11.1 Å². The van der Waals surface area contributed by atoms with E-state index in [2.05, 4.69) is 25.7 Å². The first-order valence-electron chi connectivity index (χ1n) is 11.4. The van der Waals surface area contributed by atoms with Gasteiger partial charge in [0.25, 0.3) is 0 Å². The van der Waals surface area contributed by atoms with Gasteiger partial charge >= 0.3 is 0 Å². The molecule has 0 radical (unpaired) electrons. The van der Waals surface area contributed by atoms with Crippen molar-refractivity contribution in [2.45, 2.75) is 44.1 Å². The zero-order chi connectivity index (χ0) is 25.8. The molecule has 2 fully saturated rings. The van der Waals surface area contributed by atoms with Crippen LogP contribution in [-0.2, 0) is 30.2 Å². The molecule has 1 unspecified atom stereocenters. The topological polar surface area (TPSA) is 135 Å². The summed E-state index contributed by atoms with van der Waals surface area (Å²) < 4.78 is 41.7. The summed E-state index contributed by atoms with van der Waals surface area (Å²) in [5.74, 6) is -3.34. The van der Waals surface area contributed by atoms with Crippen molar-refractivity contribution in [2.75, 3.05) is 0 Å². The van der Waals surface area contributed by atoms with Gasteiger partial charge in [-0.25, -0.2) is 23.1 Å². The largest absolute Gasteiger partial charge is 0.385 e. The minimum Gasteiger partial charge on any atom is -0.385 e.